The monoisotopic (exact) mass is 327 g/mol. The number of hydrogen-bond donors (Lipinski definition) is 1. The molecule has 98 valence electrons. The fourth-order valence-corrected chi connectivity index (χ4v) is 3.40. The van der Waals surface area contributed by atoms with Crippen LogP contribution in [0.25, 0.3) is 0 Å². The molecular weight excluding hydrogens is 310 g/mol. The van der Waals surface area contributed by atoms with Gasteiger partial charge in [-0.05, 0) is 36.8 Å². The van der Waals surface area contributed by atoms with Crippen molar-refractivity contribution in [2.45, 2.75) is 29.3 Å². The van der Waals surface area contributed by atoms with Crippen LogP contribution in [0.5, 0.6) is 0 Å². The van der Waals surface area contributed by atoms with E-state index in [4.69, 9.17) is 0 Å². The summed E-state index contributed by atoms with van der Waals surface area (Å²) in [6, 6.07) is 7.74. The second kappa shape index (κ2) is 6.11. The first kappa shape index (κ1) is 13.9. The Hall–Kier alpha value is -0.480. The lowest BCUT2D eigenvalue weighted by atomic mass is 9.84. The van der Waals surface area contributed by atoms with Gasteiger partial charge in [-0.3, -0.25) is 4.79 Å². The Balaban J connectivity index is 1.90. The molecular formula is C14H18BrNOS. The van der Waals surface area contributed by atoms with Crippen LogP contribution in [0.3, 0.4) is 0 Å². The molecule has 1 N–H and O–H groups in total. The number of amides is 1. The maximum absolute atomic E-state index is 12.0. The van der Waals surface area contributed by atoms with Gasteiger partial charge in [-0.25, -0.2) is 0 Å². The molecule has 1 saturated carbocycles. The lowest BCUT2D eigenvalue weighted by Crippen LogP contribution is -2.45. The van der Waals surface area contributed by atoms with E-state index < -0.39 is 0 Å². The second-order valence-electron chi connectivity index (χ2n) is 4.75. The summed E-state index contributed by atoms with van der Waals surface area (Å²) in [6.45, 7) is 0.785. The van der Waals surface area contributed by atoms with E-state index in [0.717, 1.165) is 17.4 Å². The molecule has 0 bridgehead atoms. The van der Waals surface area contributed by atoms with Crippen LogP contribution in [0, 0.1) is 0 Å². The summed E-state index contributed by atoms with van der Waals surface area (Å²) in [6.07, 6.45) is 5.86. The van der Waals surface area contributed by atoms with Gasteiger partial charge in [0.1, 0.15) is 0 Å². The molecule has 0 atom stereocenters. The standard InChI is InChI=1S/C14H18BrNOS/c1-18-14(7-2-8-14)10-16-13(17)12-5-3-11(9-15)4-6-12/h3-6H,2,7-10H2,1H3,(H,16,17). The molecule has 1 amide bonds. The van der Waals surface area contributed by atoms with Crippen LogP contribution in [-0.2, 0) is 5.33 Å². The largest absolute Gasteiger partial charge is 0.351 e. The summed E-state index contributed by atoms with van der Waals surface area (Å²) in [5.41, 5.74) is 1.93. The first-order valence-corrected chi connectivity index (χ1v) is 8.52. The van der Waals surface area contributed by atoms with Crippen molar-refractivity contribution in [2.75, 3.05) is 12.8 Å². The highest BCUT2D eigenvalue weighted by Crippen LogP contribution is 2.42. The Kier molecular flexibility index (Phi) is 4.73. The molecule has 1 fully saturated rings. The number of benzene rings is 1. The minimum atomic E-state index is 0.0384. The van der Waals surface area contributed by atoms with Gasteiger partial charge in [-0.15, -0.1) is 0 Å². The molecule has 2 rings (SSSR count). The van der Waals surface area contributed by atoms with Crippen LogP contribution in [0.4, 0.5) is 0 Å². The summed E-state index contributed by atoms with van der Waals surface area (Å²) in [5.74, 6) is 0.0384. The lowest BCUT2D eigenvalue weighted by Gasteiger charge is -2.40. The van der Waals surface area contributed by atoms with Gasteiger partial charge in [0.05, 0.1) is 0 Å². The Labute approximate surface area is 121 Å². The fourth-order valence-electron chi connectivity index (χ4n) is 2.11. The van der Waals surface area contributed by atoms with Crippen molar-refractivity contribution in [1.29, 1.82) is 0 Å². The number of thioether (sulfide) groups is 1. The molecule has 0 unspecified atom stereocenters. The predicted octanol–water partition coefficient (Wildman–Crippen LogP) is 3.60. The molecule has 0 aromatic heterocycles. The molecule has 4 heteroatoms. The summed E-state index contributed by atoms with van der Waals surface area (Å²) >= 11 is 5.28. The molecule has 0 heterocycles. The van der Waals surface area contributed by atoms with Crippen molar-refractivity contribution < 1.29 is 4.79 Å². The van der Waals surface area contributed by atoms with Crippen LogP contribution in [0.2, 0.25) is 0 Å². The number of carbonyl (C=O) groups is 1. The zero-order valence-electron chi connectivity index (χ0n) is 10.5. The number of halogens is 1. The summed E-state index contributed by atoms with van der Waals surface area (Å²) in [5, 5.41) is 3.88. The van der Waals surface area contributed by atoms with Gasteiger partial charge in [0.2, 0.25) is 0 Å². The number of alkyl halides is 1. The topological polar surface area (TPSA) is 29.1 Å². The number of hydrogen-bond acceptors (Lipinski definition) is 2. The van der Waals surface area contributed by atoms with Crippen molar-refractivity contribution in [1.82, 2.24) is 5.32 Å². The molecule has 0 spiro atoms. The first-order valence-electron chi connectivity index (χ1n) is 6.17. The van der Waals surface area contributed by atoms with Gasteiger partial charge in [0, 0.05) is 22.2 Å². The fraction of sp³-hybridized carbons (Fsp3) is 0.500. The van der Waals surface area contributed by atoms with Crippen molar-refractivity contribution in [3.8, 4) is 0 Å². The van der Waals surface area contributed by atoms with Crippen molar-refractivity contribution in [3.63, 3.8) is 0 Å². The summed E-state index contributed by atoms with van der Waals surface area (Å²) < 4.78 is 0.297. The SMILES string of the molecule is CSC1(CNC(=O)c2ccc(CBr)cc2)CCC1. The van der Waals surface area contributed by atoms with Gasteiger partial charge in [0.15, 0.2) is 0 Å². The smallest absolute Gasteiger partial charge is 0.251 e. The minimum absolute atomic E-state index is 0.0384. The molecule has 2 nitrogen and oxygen atoms in total. The van der Waals surface area contributed by atoms with Crippen LogP contribution in [0.1, 0.15) is 35.2 Å². The Morgan fingerprint density at radius 1 is 1.39 bits per heavy atom. The highest BCUT2D eigenvalue weighted by atomic mass is 79.9. The zero-order valence-corrected chi connectivity index (χ0v) is 12.9. The average Bonchev–Trinajstić information content (AvgIpc) is 2.38. The maximum atomic E-state index is 12.0. The lowest BCUT2D eigenvalue weighted by molar-refractivity contribution is 0.0944. The van der Waals surface area contributed by atoms with Crippen molar-refractivity contribution in [3.05, 3.63) is 35.4 Å². The third kappa shape index (κ3) is 3.09. The van der Waals surface area contributed by atoms with Crippen molar-refractivity contribution in [2.24, 2.45) is 0 Å². The van der Waals surface area contributed by atoms with Crippen LogP contribution in [-0.4, -0.2) is 23.5 Å². The third-order valence-corrected chi connectivity index (χ3v) is 5.71. The van der Waals surface area contributed by atoms with E-state index in [2.05, 4.69) is 27.5 Å². The van der Waals surface area contributed by atoms with Gasteiger partial charge in [-0.1, -0.05) is 34.5 Å². The van der Waals surface area contributed by atoms with E-state index in [1.54, 1.807) is 0 Å². The molecule has 18 heavy (non-hydrogen) atoms. The second-order valence-corrected chi connectivity index (χ2v) is 6.59. The summed E-state index contributed by atoms with van der Waals surface area (Å²) in [4.78, 5) is 12.0. The minimum Gasteiger partial charge on any atom is -0.351 e. The number of nitrogens with one attached hydrogen (secondary N) is 1. The molecule has 1 aliphatic carbocycles. The van der Waals surface area contributed by atoms with E-state index in [-0.39, 0.29) is 5.91 Å². The molecule has 0 aliphatic heterocycles. The van der Waals surface area contributed by atoms with E-state index in [1.165, 1.54) is 24.8 Å². The van der Waals surface area contributed by atoms with Crippen LogP contribution >= 0.6 is 27.7 Å². The predicted molar refractivity (Wildman–Crippen MR) is 81.5 cm³/mol. The normalized spacial score (nSPS) is 17.0. The molecule has 1 aromatic rings. The Bertz CT molecular complexity index is 409. The quantitative estimate of drug-likeness (QED) is 0.837. The van der Waals surface area contributed by atoms with Gasteiger partial charge < -0.3 is 5.32 Å². The highest BCUT2D eigenvalue weighted by molar-refractivity contribution is 9.08. The molecule has 1 aromatic carbocycles. The average molecular weight is 328 g/mol. The third-order valence-electron chi connectivity index (χ3n) is 3.64. The van der Waals surface area contributed by atoms with E-state index in [9.17, 15) is 4.79 Å². The van der Waals surface area contributed by atoms with Gasteiger partial charge in [-0.2, -0.15) is 11.8 Å². The van der Waals surface area contributed by atoms with E-state index >= 15 is 0 Å². The number of carbonyl (C=O) groups excluding carboxylic acids is 1. The van der Waals surface area contributed by atoms with Gasteiger partial charge >= 0.3 is 0 Å². The zero-order chi connectivity index (χ0) is 13.0. The Morgan fingerprint density at radius 3 is 2.50 bits per heavy atom. The Morgan fingerprint density at radius 2 is 2.06 bits per heavy atom. The summed E-state index contributed by atoms with van der Waals surface area (Å²) in [7, 11) is 0. The highest BCUT2D eigenvalue weighted by Gasteiger charge is 2.36. The molecule has 0 radical (unpaired) electrons. The first-order chi connectivity index (χ1) is 8.69. The molecule has 0 saturated heterocycles. The number of rotatable bonds is 5. The van der Waals surface area contributed by atoms with E-state index in [0.29, 0.717) is 4.75 Å². The van der Waals surface area contributed by atoms with Gasteiger partial charge in [0.25, 0.3) is 5.91 Å². The van der Waals surface area contributed by atoms with E-state index in [1.807, 2.05) is 36.0 Å². The van der Waals surface area contributed by atoms with Crippen molar-refractivity contribution >= 4 is 33.6 Å². The van der Waals surface area contributed by atoms with Crippen LogP contribution in [0.15, 0.2) is 24.3 Å². The maximum Gasteiger partial charge on any atom is 0.251 e. The van der Waals surface area contributed by atoms with Crippen LogP contribution < -0.4 is 5.32 Å². The molecule has 1 aliphatic rings.